The average Bonchev–Trinajstić information content (AvgIpc) is 2.88. The van der Waals surface area contributed by atoms with E-state index in [1.54, 1.807) is 42.3 Å². The highest BCUT2D eigenvalue weighted by atomic mass is 35.5. The number of hydrogen-bond donors (Lipinski definition) is 2. The van der Waals surface area contributed by atoms with E-state index < -0.39 is 6.04 Å². The third-order valence-electron chi connectivity index (χ3n) is 5.48. The summed E-state index contributed by atoms with van der Waals surface area (Å²) in [6.45, 7) is 0.0697. The lowest BCUT2D eigenvalue weighted by molar-refractivity contribution is -0.141. The Balaban J connectivity index is 1.99. The Hall–Kier alpha value is -3.55. The molecule has 1 atom stereocenters. The van der Waals surface area contributed by atoms with Crippen molar-refractivity contribution < 1.29 is 24.2 Å². The van der Waals surface area contributed by atoms with E-state index in [-0.39, 0.29) is 37.9 Å². The second-order valence-corrected chi connectivity index (χ2v) is 8.28. The molecule has 8 heteroatoms. The second kappa shape index (κ2) is 12.8. The number of hydrogen-bond acceptors (Lipinski definition) is 5. The third kappa shape index (κ3) is 6.97. The van der Waals surface area contributed by atoms with Crippen LogP contribution in [0.3, 0.4) is 0 Å². The quantitative estimate of drug-likeness (QED) is 0.422. The van der Waals surface area contributed by atoms with E-state index in [4.69, 9.17) is 21.1 Å². The molecule has 0 heterocycles. The predicted octanol–water partition coefficient (Wildman–Crippen LogP) is 3.78. The predicted molar refractivity (Wildman–Crippen MR) is 135 cm³/mol. The minimum atomic E-state index is -0.897. The van der Waals surface area contributed by atoms with Crippen LogP contribution in [0.15, 0.2) is 72.8 Å². The number of carbonyl (C=O) groups excluding carboxylic acids is 2. The van der Waals surface area contributed by atoms with Gasteiger partial charge in [0.1, 0.15) is 6.04 Å². The van der Waals surface area contributed by atoms with E-state index in [1.165, 1.54) is 7.11 Å². The molecule has 3 aromatic carbocycles. The first-order valence-electron chi connectivity index (χ1n) is 11.1. The molecule has 3 rings (SSSR count). The molecule has 0 aliphatic carbocycles. The van der Waals surface area contributed by atoms with Gasteiger partial charge in [-0.1, -0.05) is 60.1 Å². The summed E-state index contributed by atoms with van der Waals surface area (Å²) in [5.41, 5.74) is 2.21. The van der Waals surface area contributed by atoms with Crippen LogP contribution in [-0.4, -0.2) is 49.2 Å². The number of halogens is 1. The summed E-state index contributed by atoms with van der Waals surface area (Å²) in [5.74, 6) is 0.453. The highest BCUT2D eigenvalue weighted by molar-refractivity contribution is 6.30. The minimum Gasteiger partial charge on any atom is -0.493 e. The maximum Gasteiger partial charge on any atom is 0.247 e. The van der Waals surface area contributed by atoms with Crippen LogP contribution in [-0.2, 0) is 22.6 Å². The molecule has 3 aromatic rings. The molecule has 0 radical (unpaired) electrons. The van der Waals surface area contributed by atoms with Crippen molar-refractivity contribution in [1.29, 1.82) is 0 Å². The summed E-state index contributed by atoms with van der Waals surface area (Å²) in [7, 11) is 3.08. The zero-order valence-corrected chi connectivity index (χ0v) is 20.5. The van der Waals surface area contributed by atoms with Crippen LogP contribution < -0.4 is 14.8 Å². The van der Waals surface area contributed by atoms with Crippen molar-refractivity contribution >= 4 is 23.4 Å². The van der Waals surface area contributed by atoms with Crippen LogP contribution in [0, 0.1) is 0 Å². The highest BCUT2D eigenvalue weighted by Gasteiger charge is 2.31. The Bertz CT molecular complexity index is 1120. The number of amides is 2. The molecule has 0 saturated carbocycles. The summed E-state index contributed by atoms with van der Waals surface area (Å²) in [5, 5.41) is 12.5. The molecule has 0 aliphatic heterocycles. The molecule has 2 N–H and O–H groups in total. The van der Waals surface area contributed by atoms with E-state index in [0.29, 0.717) is 22.1 Å². The highest BCUT2D eigenvalue weighted by Crippen LogP contribution is 2.29. The molecule has 2 amide bonds. The van der Waals surface area contributed by atoms with Crippen LogP contribution in [0.2, 0.25) is 5.02 Å². The third-order valence-corrected chi connectivity index (χ3v) is 5.73. The molecule has 0 aromatic heterocycles. The fourth-order valence-corrected chi connectivity index (χ4v) is 3.89. The van der Waals surface area contributed by atoms with Gasteiger partial charge in [-0.05, 0) is 41.0 Å². The summed E-state index contributed by atoms with van der Waals surface area (Å²) in [4.78, 5) is 28.5. The Kier molecular flexibility index (Phi) is 9.52. The van der Waals surface area contributed by atoms with E-state index in [0.717, 1.165) is 11.1 Å². The summed E-state index contributed by atoms with van der Waals surface area (Å²) < 4.78 is 10.7. The Morgan fingerprint density at radius 1 is 0.943 bits per heavy atom. The van der Waals surface area contributed by atoms with Gasteiger partial charge in [-0.15, -0.1) is 0 Å². The Morgan fingerprint density at radius 2 is 1.60 bits per heavy atom. The minimum absolute atomic E-state index is 0.0462. The zero-order valence-electron chi connectivity index (χ0n) is 19.7. The van der Waals surface area contributed by atoms with Crippen LogP contribution in [0.1, 0.15) is 22.7 Å². The SMILES string of the molecule is COc1ccc(CC(=O)N(Cc2ccc(Cl)cc2)C(C(=O)NCCO)c2ccccc2)cc1OC. The molecule has 0 aliphatic rings. The lowest BCUT2D eigenvalue weighted by Crippen LogP contribution is -2.44. The van der Waals surface area contributed by atoms with Gasteiger partial charge in [0.2, 0.25) is 11.8 Å². The topological polar surface area (TPSA) is 88.1 Å². The van der Waals surface area contributed by atoms with E-state index >= 15 is 0 Å². The lowest BCUT2D eigenvalue weighted by atomic mass is 10.0. The zero-order chi connectivity index (χ0) is 25.2. The van der Waals surface area contributed by atoms with Gasteiger partial charge in [0.15, 0.2) is 11.5 Å². The summed E-state index contributed by atoms with van der Waals surface area (Å²) in [6, 6.07) is 20.6. The van der Waals surface area contributed by atoms with Crippen molar-refractivity contribution in [3.8, 4) is 11.5 Å². The van der Waals surface area contributed by atoms with Crippen molar-refractivity contribution in [2.45, 2.75) is 19.0 Å². The number of methoxy groups -OCH3 is 2. The van der Waals surface area contributed by atoms with Crippen molar-refractivity contribution in [3.63, 3.8) is 0 Å². The van der Waals surface area contributed by atoms with Crippen LogP contribution in [0.4, 0.5) is 0 Å². The molecule has 0 saturated heterocycles. The van der Waals surface area contributed by atoms with Crippen molar-refractivity contribution in [2.75, 3.05) is 27.4 Å². The van der Waals surface area contributed by atoms with Gasteiger partial charge in [0.05, 0.1) is 27.2 Å². The number of nitrogens with zero attached hydrogens (tertiary/aromatic N) is 1. The Labute approximate surface area is 210 Å². The largest absolute Gasteiger partial charge is 0.493 e. The molecule has 184 valence electrons. The maximum absolute atomic E-state index is 13.7. The van der Waals surface area contributed by atoms with Gasteiger partial charge in [-0.2, -0.15) is 0 Å². The number of aliphatic hydroxyl groups is 1. The second-order valence-electron chi connectivity index (χ2n) is 7.84. The van der Waals surface area contributed by atoms with Gasteiger partial charge in [-0.25, -0.2) is 0 Å². The number of benzene rings is 3. The Morgan fingerprint density at radius 3 is 2.23 bits per heavy atom. The molecule has 0 fully saturated rings. The van der Waals surface area contributed by atoms with E-state index in [1.807, 2.05) is 42.5 Å². The number of ether oxygens (including phenoxy) is 2. The number of rotatable bonds is 11. The fourth-order valence-electron chi connectivity index (χ4n) is 3.76. The van der Waals surface area contributed by atoms with Gasteiger partial charge in [0.25, 0.3) is 0 Å². The average molecular weight is 497 g/mol. The number of nitrogens with one attached hydrogen (secondary N) is 1. The van der Waals surface area contributed by atoms with Crippen molar-refractivity contribution in [2.24, 2.45) is 0 Å². The van der Waals surface area contributed by atoms with E-state index in [9.17, 15) is 14.7 Å². The first kappa shape index (κ1) is 26.1. The standard InChI is InChI=1S/C27H29ClN2O5/c1-34-23-13-10-20(16-24(23)35-2)17-25(32)30(18-19-8-11-22(28)12-9-19)26(27(33)29-14-15-31)21-6-4-3-5-7-21/h3-13,16,26,31H,14-15,17-18H2,1-2H3,(H,29,33). The summed E-state index contributed by atoms with van der Waals surface area (Å²) >= 11 is 6.05. The van der Waals surface area contributed by atoms with Gasteiger partial charge in [0, 0.05) is 18.1 Å². The smallest absolute Gasteiger partial charge is 0.247 e. The van der Waals surface area contributed by atoms with Gasteiger partial charge >= 0.3 is 0 Å². The van der Waals surface area contributed by atoms with Crippen molar-refractivity contribution in [1.82, 2.24) is 10.2 Å². The molecule has 35 heavy (non-hydrogen) atoms. The molecule has 0 spiro atoms. The van der Waals surface area contributed by atoms with Crippen molar-refractivity contribution in [3.05, 3.63) is 94.5 Å². The molecule has 1 unspecified atom stereocenters. The summed E-state index contributed by atoms with van der Waals surface area (Å²) in [6.07, 6.45) is 0.0462. The lowest BCUT2D eigenvalue weighted by Gasteiger charge is -2.32. The molecule has 7 nitrogen and oxygen atoms in total. The van der Waals surface area contributed by atoms with Crippen LogP contribution >= 0.6 is 11.6 Å². The van der Waals surface area contributed by atoms with Gasteiger partial charge in [-0.3, -0.25) is 9.59 Å². The molecular weight excluding hydrogens is 468 g/mol. The first-order chi connectivity index (χ1) is 17.0. The number of carbonyl (C=O) groups is 2. The molecular formula is C27H29ClN2O5. The molecule has 0 bridgehead atoms. The first-order valence-corrected chi connectivity index (χ1v) is 11.5. The monoisotopic (exact) mass is 496 g/mol. The normalized spacial score (nSPS) is 11.4. The number of aliphatic hydroxyl groups excluding tert-OH is 1. The fraction of sp³-hybridized carbons (Fsp3) is 0.259. The van der Waals surface area contributed by atoms with Gasteiger partial charge < -0.3 is 24.8 Å². The van der Waals surface area contributed by atoms with Crippen LogP contribution in [0.25, 0.3) is 0 Å². The van der Waals surface area contributed by atoms with E-state index in [2.05, 4.69) is 5.32 Å². The van der Waals surface area contributed by atoms with Crippen LogP contribution in [0.5, 0.6) is 11.5 Å². The maximum atomic E-state index is 13.7.